The lowest BCUT2D eigenvalue weighted by Crippen LogP contribution is -2.49. The van der Waals surface area contributed by atoms with E-state index in [2.05, 4.69) is 14.8 Å². The summed E-state index contributed by atoms with van der Waals surface area (Å²) in [5.41, 5.74) is 1.16. The van der Waals surface area contributed by atoms with Crippen LogP contribution >= 0.6 is 0 Å². The topological polar surface area (TPSA) is 61.8 Å². The van der Waals surface area contributed by atoms with Crippen LogP contribution in [-0.4, -0.2) is 67.2 Å². The third-order valence-electron chi connectivity index (χ3n) is 6.01. The summed E-state index contributed by atoms with van der Waals surface area (Å²) in [4.78, 5) is 28.5. The number of piperidine rings is 1. The van der Waals surface area contributed by atoms with Gasteiger partial charge in [-0.1, -0.05) is 12.1 Å². The van der Waals surface area contributed by atoms with Gasteiger partial charge in [0.2, 0.25) is 11.9 Å². The summed E-state index contributed by atoms with van der Waals surface area (Å²) in [7, 11) is 1.66. The molecule has 0 N–H and O–H groups in total. The van der Waals surface area contributed by atoms with Gasteiger partial charge >= 0.3 is 0 Å². The second-order valence-electron chi connectivity index (χ2n) is 7.98. The number of benzene rings is 1. The summed E-state index contributed by atoms with van der Waals surface area (Å²) in [6.45, 7) is 5.18. The van der Waals surface area contributed by atoms with E-state index in [1.165, 1.54) is 19.3 Å². The summed E-state index contributed by atoms with van der Waals surface area (Å²) in [6, 6.07) is 9.92. The largest absolute Gasteiger partial charge is 0.497 e. The third kappa shape index (κ3) is 5.01. The van der Waals surface area contributed by atoms with Crippen molar-refractivity contribution in [2.24, 2.45) is 0 Å². The van der Waals surface area contributed by atoms with Gasteiger partial charge in [-0.3, -0.25) is 4.79 Å². The van der Waals surface area contributed by atoms with E-state index in [1.807, 2.05) is 41.4 Å². The van der Waals surface area contributed by atoms with E-state index in [4.69, 9.17) is 9.72 Å². The number of piperazine rings is 1. The first-order valence-electron chi connectivity index (χ1n) is 11.0. The molecule has 1 aromatic heterocycles. The summed E-state index contributed by atoms with van der Waals surface area (Å²) in [6.07, 6.45) is 6.88. The van der Waals surface area contributed by atoms with Crippen molar-refractivity contribution in [1.82, 2.24) is 14.9 Å². The highest BCUT2D eigenvalue weighted by atomic mass is 16.5. The number of methoxy groups -OCH3 is 1. The average Bonchev–Trinajstić information content (AvgIpc) is 2.83. The van der Waals surface area contributed by atoms with E-state index in [9.17, 15) is 4.79 Å². The Hall–Kier alpha value is -2.83. The lowest BCUT2D eigenvalue weighted by molar-refractivity contribution is -0.131. The monoisotopic (exact) mass is 409 g/mol. The number of carbonyl (C=O) groups excluding carboxylic acids is 1. The molecule has 2 aromatic rings. The molecule has 0 atom stereocenters. The maximum absolute atomic E-state index is 12.6. The summed E-state index contributed by atoms with van der Waals surface area (Å²) >= 11 is 0. The van der Waals surface area contributed by atoms with Crippen molar-refractivity contribution in [3.63, 3.8) is 0 Å². The van der Waals surface area contributed by atoms with Crippen molar-refractivity contribution in [3.05, 3.63) is 42.1 Å². The standard InChI is InChI=1S/C23H31N5O2/c1-30-20-8-5-19(6-9-20)7-10-22(29)27-17-15-26(16-18-27)21-11-12-24-23(25-21)28-13-3-2-4-14-28/h5-6,8-9,11-12H,2-4,7,10,13-18H2,1H3. The molecule has 160 valence electrons. The number of hydrogen-bond donors (Lipinski definition) is 0. The molecule has 0 aliphatic carbocycles. The van der Waals surface area contributed by atoms with Crippen LogP contribution in [-0.2, 0) is 11.2 Å². The minimum absolute atomic E-state index is 0.224. The molecular weight excluding hydrogens is 378 g/mol. The molecule has 1 amide bonds. The number of nitrogens with zero attached hydrogens (tertiary/aromatic N) is 5. The SMILES string of the molecule is COc1ccc(CCC(=O)N2CCN(c3ccnc(N4CCCCC4)n3)CC2)cc1. The molecular formula is C23H31N5O2. The lowest BCUT2D eigenvalue weighted by Gasteiger charge is -2.36. The molecule has 7 heteroatoms. The lowest BCUT2D eigenvalue weighted by atomic mass is 10.1. The number of aromatic nitrogens is 2. The highest BCUT2D eigenvalue weighted by Crippen LogP contribution is 2.20. The highest BCUT2D eigenvalue weighted by molar-refractivity contribution is 5.76. The first-order chi connectivity index (χ1) is 14.7. The van der Waals surface area contributed by atoms with Gasteiger partial charge in [0.1, 0.15) is 11.6 Å². The Kier molecular flexibility index (Phi) is 6.67. The van der Waals surface area contributed by atoms with Crippen molar-refractivity contribution in [2.75, 3.05) is 56.2 Å². The van der Waals surface area contributed by atoms with Crippen LogP contribution in [0.3, 0.4) is 0 Å². The molecule has 30 heavy (non-hydrogen) atoms. The van der Waals surface area contributed by atoms with Gasteiger partial charge in [0.25, 0.3) is 0 Å². The van der Waals surface area contributed by atoms with Gasteiger partial charge in [0.15, 0.2) is 0 Å². The Morgan fingerprint density at radius 3 is 2.37 bits per heavy atom. The molecule has 2 aliphatic rings. The predicted molar refractivity (Wildman–Crippen MR) is 118 cm³/mol. The fraction of sp³-hybridized carbons (Fsp3) is 0.522. The molecule has 4 rings (SSSR count). The number of ether oxygens (including phenoxy) is 1. The molecule has 2 aliphatic heterocycles. The quantitative estimate of drug-likeness (QED) is 0.731. The smallest absolute Gasteiger partial charge is 0.227 e. The second-order valence-corrected chi connectivity index (χ2v) is 7.98. The number of rotatable bonds is 6. The van der Waals surface area contributed by atoms with Crippen LogP contribution in [0.1, 0.15) is 31.2 Å². The Bertz CT molecular complexity index is 828. The molecule has 3 heterocycles. The minimum atomic E-state index is 0.224. The molecule has 0 unspecified atom stereocenters. The molecule has 0 spiro atoms. The zero-order valence-corrected chi connectivity index (χ0v) is 17.8. The van der Waals surface area contributed by atoms with Crippen molar-refractivity contribution in [2.45, 2.75) is 32.1 Å². The van der Waals surface area contributed by atoms with Crippen molar-refractivity contribution in [1.29, 1.82) is 0 Å². The highest BCUT2D eigenvalue weighted by Gasteiger charge is 2.23. The molecule has 7 nitrogen and oxygen atoms in total. The number of aryl methyl sites for hydroxylation is 1. The minimum Gasteiger partial charge on any atom is -0.497 e. The number of hydrogen-bond acceptors (Lipinski definition) is 6. The fourth-order valence-corrected chi connectivity index (χ4v) is 4.15. The van der Waals surface area contributed by atoms with Crippen LogP contribution in [0, 0.1) is 0 Å². The maximum atomic E-state index is 12.6. The normalized spacial score (nSPS) is 17.2. The number of amides is 1. The molecule has 0 radical (unpaired) electrons. The van der Waals surface area contributed by atoms with Gasteiger partial charge in [0, 0.05) is 51.9 Å². The van der Waals surface area contributed by atoms with Crippen molar-refractivity contribution in [3.8, 4) is 5.75 Å². The van der Waals surface area contributed by atoms with Gasteiger partial charge < -0.3 is 19.4 Å². The van der Waals surface area contributed by atoms with E-state index < -0.39 is 0 Å². The van der Waals surface area contributed by atoms with Crippen molar-refractivity contribution < 1.29 is 9.53 Å². The second kappa shape index (κ2) is 9.78. The van der Waals surface area contributed by atoms with E-state index in [0.717, 1.165) is 68.8 Å². The molecule has 1 aromatic carbocycles. The number of anilines is 2. The molecule has 2 saturated heterocycles. The molecule has 0 saturated carbocycles. The van der Waals surface area contributed by atoms with Crippen LogP contribution in [0.15, 0.2) is 36.5 Å². The van der Waals surface area contributed by atoms with Crippen LogP contribution in [0.5, 0.6) is 5.75 Å². The summed E-state index contributed by atoms with van der Waals surface area (Å²) < 4.78 is 5.19. The number of carbonyl (C=O) groups is 1. The average molecular weight is 410 g/mol. The zero-order valence-electron chi connectivity index (χ0n) is 17.8. The fourth-order valence-electron chi connectivity index (χ4n) is 4.15. The van der Waals surface area contributed by atoms with Gasteiger partial charge in [-0.2, -0.15) is 4.98 Å². The van der Waals surface area contributed by atoms with Crippen LogP contribution < -0.4 is 14.5 Å². The molecule has 0 bridgehead atoms. The van der Waals surface area contributed by atoms with E-state index in [0.29, 0.717) is 6.42 Å². The van der Waals surface area contributed by atoms with Gasteiger partial charge in [-0.05, 0) is 49.4 Å². The first kappa shape index (κ1) is 20.4. The maximum Gasteiger partial charge on any atom is 0.227 e. The summed E-state index contributed by atoms with van der Waals surface area (Å²) in [5.74, 6) is 2.87. The van der Waals surface area contributed by atoms with Gasteiger partial charge in [-0.15, -0.1) is 0 Å². The van der Waals surface area contributed by atoms with Crippen LogP contribution in [0.4, 0.5) is 11.8 Å². The van der Waals surface area contributed by atoms with Gasteiger partial charge in [-0.25, -0.2) is 4.98 Å². The van der Waals surface area contributed by atoms with Gasteiger partial charge in [0.05, 0.1) is 7.11 Å². The Morgan fingerprint density at radius 1 is 0.933 bits per heavy atom. The van der Waals surface area contributed by atoms with Crippen molar-refractivity contribution >= 4 is 17.7 Å². The first-order valence-corrected chi connectivity index (χ1v) is 11.0. The van der Waals surface area contributed by atoms with E-state index >= 15 is 0 Å². The summed E-state index contributed by atoms with van der Waals surface area (Å²) in [5, 5.41) is 0. The van der Waals surface area contributed by atoms with Crippen LogP contribution in [0.25, 0.3) is 0 Å². The van der Waals surface area contributed by atoms with E-state index in [1.54, 1.807) is 7.11 Å². The van der Waals surface area contributed by atoms with Crippen LogP contribution in [0.2, 0.25) is 0 Å². The Balaban J connectivity index is 1.27. The Labute approximate surface area is 178 Å². The third-order valence-corrected chi connectivity index (χ3v) is 6.01. The predicted octanol–water partition coefficient (Wildman–Crippen LogP) is 2.76. The molecule has 2 fully saturated rings. The zero-order chi connectivity index (χ0) is 20.8. The van der Waals surface area contributed by atoms with E-state index in [-0.39, 0.29) is 5.91 Å². The Morgan fingerprint density at radius 2 is 1.67 bits per heavy atom.